The molecule has 2 aromatic rings. The lowest BCUT2D eigenvalue weighted by molar-refractivity contribution is -0.143. The van der Waals surface area contributed by atoms with E-state index in [1.165, 1.54) is 0 Å². The second-order valence-electron chi connectivity index (χ2n) is 9.06. The van der Waals surface area contributed by atoms with Crippen molar-refractivity contribution in [1.29, 1.82) is 0 Å². The van der Waals surface area contributed by atoms with Crippen LogP contribution in [0.4, 0.5) is 26.3 Å². The Morgan fingerprint density at radius 3 is 2.18 bits per heavy atom. The van der Waals surface area contributed by atoms with Crippen LogP contribution in [0.3, 0.4) is 0 Å². The van der Waals surface area contributed by atoms with Crippen molar-refractivity contribution in [2.75, 3.05) is 0 Å². The van der Waals surface area contributed by atoms with Gasteiger partial charge in [0, 0.05) is 37.4 Å². The van der Waals surface area contributed by atoms with Crippen molar-refractivity contribution >= 4 is 5.91 Å². The van der Waals surface area contributed by atoms with Crippen molar-refractivity contribution < 1.29 is 31.1 Å². The van der Waals surface area contributed by atoms with Crippen LogP contribution in [0.2, 0.25) is 0 Å². The maximum absolute atomic E-state index is 13.1. The second-order valence-corrected chi connectivity index (χ2v) is 9.06. The summed E-state index contributed by atoms with van der Waals surface area (Å²) in [6, 6.07) is 5.19. The van der Waals surface area contributed by atoms with Crippen LogP contribution in [0.15, 0.2) is 42.7 Å². The summed E-state index contributed by atoms with van der Waals surface area (Å²) in [5, 5.41) is 5.99. The third-order valence-electron chi connectivity index (χ3n) is 6.24. The molecule has 0 aliphatic heterocycles. The summed E-state index contributed by atoms with van der Waals surface area (Å²) in [6.45, 7) is 4.16. The first-order valence-corrected chi connectivity index (χ1v) is 11.0. The highest BCUT2D eigenvalue weighted by molar-refractivity contribution is 5.79. The van der Waals surface area contributed by atoms with Crippen LogP contribution in [0.1, 0.15) is 48.9 Å². The molecule has 2 N–H and O–H groups in total. The van der Waals surface area contributed by atoms with E-state index in [9.17, 15) is 31.1 Å². The fourth-order valence-corrected chi connectivity index (χ4v) is 4.48. The van der Waals surface area contributed by atoms with E-state index in [0.717, 1.165) is 12.0 Å². The van der Waals surface area contributed by atoms with Crippen LogP contribution < -0.4 is 10.6 Å². The first-order valence-electron chi connectivity index (χ1n) is 11.0. The molecule has 4 nitrogen and oxygen atoms in total. The fourth-order valence-electron chi connectivity index (χ4n) is 4.48. The van der Waals surface area contributed by atoms with Gasteiger partial charge < -0.3 is 10.6 Å². The van der Waals surface area contributed by atoms with E-state index < -0.39 is 30.0 Å². The molecule has 1 heterocycles. The highest BCUT2D eigenvalue weighted by Crippen LogP contribution is 2.38. The molecule has 34 heavy (non-hydrogen) atoms. The van der Waals surface area contributed by atoms with Gasteiger partial charge in [-0.1, -0.05) is 19.9 Å². The lowest BCUT2D eigenvalue weighted by atomic mass is 9.85. The van der Waals surface area contributed by atoms with E-state index >= 15 is 0 Å². The number of pyridine rings is 1. The average Bonchev–Trinajstić information content (AvgIpc) is 3.20. The molecule has 186 valence electrons. The molecule has 0 saturated heterocycles. The number of alkyl halides is 6. The van der Waals surface area contributed by atoms with Gasteiger partial charge in [0.15, 0.2) is 0 Å². The van der Waals surface area contributed by atoms with Crippen molar-refractivity contribution in [1.82, 2.24) is 15.6 Å². The van der Waals surface area contributed by atoms with E-state index in [4.69, 9.17) is 0 Å². The van der Waals surface area contributed by atoms with Crippen molar-refractivity contribution in [3.05, 3.63) is 65.0 Å². The molecule has 3 rings (SSSR count). The largest absolute Gasteiger partial charge is 0.416 e. The van der Waals surface area contributed by atoms with Crippen LogP contribution in [0.5, 0.6) is 0 Å². The maximum Gasteiger partial charge on any atom is 0.416 e. The summed E-state index contributed by atoms with van der Waals surface area (Å²) in [6.07, 6.45) is -5.15. The summed E-state index contributed by atoms with van der Waals surface area (Å²) in [7, 11) is 0. The van der Waals surface area contributed by atoms with Crippen LogP contribution >= 0.6 is 0 Å². The Bertz CT molecular complexity index is 943. The van der Waals surface area contributed by atoms with Gasteiger partial charge >= 0.3 is 12.4 Å². The normalized spacial score (nSPS) is 21.1. The molecule has 10 heteroatoms. The zero-order chi connectivity index (χ0) is 25.1. The molecule has 3 atom stereocenters. The van der Waals surface area contributed by atoms with Gasteiger partial charge in [-0.3, -0.25) is 9.78 Å². The molecule has 1 aromatic heterocycles. The highest BCUT2D eigenvalue weighted by atomic mass is 19.4. The van der Waals surface area contributed by atoms with Gasteiger partial charge in [-0.2, -0.15) is 26.3 Å². The van der Waals surface area contributed by atoms with Gasteiger partial charge in [0.1, 0.15) is 0 Å². The molecule has 1 fully saturated rings. The van der Waals surface area contributed by atoms with E-state index in [0.29, 0.717) is 25.1 Å². The summed E-state index contributed by atoms with van der Waals surface area (Å²) >= 11 is 0. The van der Waals surface area contributed by atoms with Crippen molar-refractivity contribution in [3.63, 3.8) is 0 Å². The number of carbonyl (C=O) groups is 1. The van der Waals surface area contributed by atoms with Crippen LogP contribution in [-0.2, 0) is 30.2 Å². The molecular weight excluding hydrogens is 460 g/mol. The zero-order valence-electron chi connectivity index (χ0n) is 18.8. The quantitative estimate of drug-likeness (QED) is 0.502. The first kappa shape index (κ1) is 26.0. The Morgan fingerprint density at radius 1 is 1.00 bits per heavy atom. The lowest BCUT2D eigenvalue weighted by Gasteiger charge is -2.22. The van der Waals surface area contributed by atoms with Crippen molar-refractivity contribution in [2.24, 2.45) is 17.8 Å². The van der Waals surface area contributed by atoms with Gasteiger partial charge in [0.05, 0.1) is 11.1 Å². The smallest absolute Gasteiger partial charge is 0.352 e. The summed E-state index contributed by atoms with van der Waals surface area (Å²) < 4.78 is 78.6. The predicted molar refractivity (Wildman–Crippen MR) is 114 cm³/mol. The number of hydrogen-bond acceptors (Lipinski definition) is 3. The minimum atomic E-state index is -4.93. The Balaban J connectivity index is 1.68. The van der Waals surface area contributed by atoms with Crippen LogP contribution in [0, 0.1) is 17.8 Å². The molecule has 1 aliphatic rings. The molecule has 1 aromatic carbocycles. The van der Waals surface area contributed by atoms with E-state index in [2.05, 4.69) is 15.6 Å². The molecule has 0 spiro atoms. The van der Waals surface area contributed by atoms with Gasteiger partial charge in [-0.25, -0.2) is 0 Å². The molecule has 0 bridgehead atoms. The van der Waals surface area contributed by atoms with Gasteiger partial charge in [-0.05, 0) is 60.1 Å². The molecule has 1 saturated carbocycles. The number of nitrogens with one attached hydrogen (secondary N) is 2. The number of benzene rings is 1. The van der Waals surface area contributed by atoms with Gasteiger partial charge in [-0.15, -0.1) is 0 Å². The summed E-state index contributed by atoms with van der Waals surface area (Å²) in [5.74, 6) is -0.528. The third kappa shape index (κ3) is 6.71. The molecule has 0 radical (unpaired) electrons. The predicted octanol–water partition coefficient (Wildman–Crippen LogP) is 5.58. The second kappa shape index (κ2) is 10.3. The van der Waals surface area contributed by atoms with Gasteiger partial charge in [0.25, 0.3) is 0 Å². The SMILES string of the molecule is CC(C)C1C[C@@H](NCc2cccnc2)C[C@H]1C(=O)NCc1cc(C(F)(F)F)cc(C(F)(F)F)c1. The summed E-state index contributed by atoms with van der Waals surface area (Å²) in [4.78, 5) is 17.0. The van der Waals surface area contributed by atoms with E-state index in [1.807, 2.05) is 26.0 Å². The van der Waals surface area contributed by atoms with E-state index in [1.54, 1.807) is 12.4 Å². The Hall–Kier alpha value is -2.62. The number of aromatic nitrogens is 1. The van der Waals surface area contributed by atoms with Crippen LogP contribution in [0.25, 0.3) is 0 Å². The Kier molecular flexibility index (Phi) is 7.90. The molecule has 1 aliphatic carbocycles. The standard InChI is InChI=1S/C24H27F6N3O/c1-14(2)20-9-19(32-12-15-4-3-5-31-11-15)10-21(20)22(34)33-13-16-6-17(23(25,26)27)8-18(7-16)24(28,29)30/h3-8,11,14,19-21,32H,9-10,12-13H2,1-2H3,(H,33,34)/t19-,20?,21-/m1/s1. The monoisotopic (exact) mass is 487 g/mol. The molecule has 1 amide bonds. The maximum atomic E-state index is 13.1. The molecule has 1 unspecified atom stereocenters. The number of amides is 1. The number of rotatable bonds is 7. The Labute approximate surface area is 194 Å². The topological polar surface area (TPSA) is 54.0 Å². The molecular formula is C24H27F6N3O. The number of carbonyl (C=O) groups excluding carboxylic acids is 1. The number of halogens is 6. The minimum Gasteiger partial charge on any atom is -0.352 e. The zero-order valence-corrected chi connectivity index (χ0v) is 18.8. The highest BCUT2D eigenvalue weighted by Gasteiger charge is 2.40. The first-order chi connectivity index (χ1) is 15.8. The number of hydrogen-bond donors (Lipinski definition) is 2. The van der Waals surface area contributed by atoms with Crippen molar-refractivity contribution in [3.8, 4) is 0 Å². The van der Waals surface area contributed by atoms with E-state index in [-0.39, 0.29) is 41.3 Å². The fraction of sp³-hybridized carbons (Fsp3) is 0.500. The minimum absolute atomic E-state index is 0.0404. The van der Waals surface area contributed by atoms with Crippen LogP contribution in [-0.4, -0.2) is 16.9 Å². The average molecular weight is 487 g/mol. The van der Waals surface area contributed by atoms with Gasteiger partial charge in [0.2, 0.25) is 5.91 Å². The van der Waals surface area contributed by atoms with Crippen molar-refractivity contribution in [2.45, 2.75) is 58.2 Å². The number of nitrogens with zero attached hydrogens (tertiary/aromatic N) is 1. The third-order valence-corrected chi connectivity index (χ3v) is 6.24. The lowest BCUT2D eigenvalue weighted by Crippen LogP contribution is -2.34. The summed E-state index contributed by atoms with van der Waals surface area (Å²) in [5.41, 5.74) is -2.04. The Morgan fingerprint density at radius 2 is 1.65 bits per heavy atom.